The van der Waals surface area contributed by atoms with Crippen molar-refractivity contribution in [2.75, 3.05) is 5.73 Å². The third-order valence-corrected chi connectivity index (χ3v) is 3.39. The Morgan fingerprint density at radius 1 is 1.42 bits per heavy atom. The van der Waals surface area contributed by atoms with Crippen LogP contribution in [0.5, 0.6) is 0 Å². The number of oxazole rings is 1. The van der Waals surface area contributed by atoms with Gasteiger partial charge in [0.15, 0.2) is 0 Å². The highest BCUT2D eigenvalue weighted by Crippen LogP contribution is 2.30. The first-order valence-electron chi connectivity index (χ1n) is 5.92. The SMILES string of the molecule is Cc1cnc(C(C)n2c(N)nc3c(Cl)cccc32)o1. The molecule has 2 N–H and O–H groups in total. The van der Waals surface area contributed by atoms with Gasteiger partial charge in [0, 0.05) is 0 Å². The van der Waals surface area contributed by atoms with Crippen LogP contribution in [0.3, 0.4) is 0 Å². The van der Waals surface area contributed by atoms with Crippen molar-refractivity contribution in [3.8, 4) is 0 Å². The number of hydrogen-bond acceptors (Lipinski definition) is 4. The lowest BCUT2D eigenvalue weighted by molar-refractivity contribution is 0.421. The van der Waals surface area contributed by atoms with Crippen LogP contribution in [0.1, 0.15) is 24.6 Å². The van der Waals surface area contributed by atoms with E-state index < -0.39 is 0 Å². The lowest BCUT2D eigenvalue weighted by atomic mass is 10.2. The van der Waals surface area contributed by atoms with Crippen molar-refractivity contribution >= 4 is 28.6 Å². The molecule has 0 spiro atoms. The molecular formula is C13H13ClN4O. The average Bonchev–Trinajstić information content (AvgIpc) is 2.93. The van der Waals surface area contributed by atoms with E-state index in [0.717, 1.165) is 11.3 Å². The normalized spacial score (nSPS) is 13.0. The predicted molar refractivity (Wildman–Crippen MR) is 74.2 cm³/mol. The zero-order valence-corrected chi connectivity index (χ0v) is 11.3. The summed E-state index contributed by atoms with van der Waals surface area (Å²) in [5.74, 6) is 1.76. The highest BCUT2D eigenvalue weighted by molar-refractivity contribution is 6.35. The average molecular weight is 277 g/mol. The van der Waals surface area contributed by atoms with Gasteiger partial charge in [-0.15, -0.1) is 0 Å². The fraction of sp³-hybridized carbons (Fsp3) is 0.231. The van der Waals surface area contributed by atoms with Gasteiger partial charge in [-0.1, -0.05) is 17.7 Å². The minimum absolute atomic E-state index is 0.142. The van der Waals surface area contributed by atoms with Crippen molar-refractivity contribution in [2.45, 2.75) is 19.9 Å². The Morgan fingerprint density at radius 2 is 2.21 bits per heavy atom. The maximum absolute atomic E-state index is 6.13. The monoisotopic (exact) mass is 276 g/mol. The Kier molecular flexibility index (Phi) is 2.71. The van der Waals surface area contributed by atoms with Crippen LogP contribution in [0.2, 0.25) is 5.02 Å². The van der Waals surface area contributed by atoms with E-state index in [1.165, 1.54) is 0 Å². The number of para-hydroxylation sites is 1. The number of fused-ring (bicyclic) bond motifs is 1. The summed E-state index contributed by atoms with van der Waals surface area (Å²) < 4.78 is 7.42. The van der Waals surface area contributed by atoms with E-state index in [1.54, 1.807) is 12.3 Å². The molecule has 0 aliphatic heterocycles. The van der Waals surface area contributed by atoms with Gasteiger partial charge in [0.2, 0.25) is 11.8 Å². The molecule has 0 bridgehead atoms. The first-order chi connectivity index (χ1) is 9.08. The van der Waals surface area contributed by atoms with E-state index in [9.17, 15) is 0 Å². The fourth-order valence-corrected chi connectivity index (χ4v) is 2.40. The third-order valence-electron chi connectivity index (χ3n) is 3.08. The molecule has 0 fully saturated rings. The number of nitrogens with zero attached hydrogens (tertiary/aromatic N) is 3. The number of anilines is 1. The van der Waals surface area contributed by atoms with Crippen molar-refractivity contribution < 1.29 is 4.42 Å². The van der Waals surface area contributed by atoms with Crippen molar-refractivity contribution in [3.63, 3.8) is 0 Å². The van der Waals surface area contributed by atoms with Crippen LogP contribution >= 0.6 is 11.6 Å². The molecule has 0 aliphatic carbocycles. The molecule has 2 aromatic heterocycles. The molecule has 6 heteroatoms. The Hall–Kier alpha value is -2.01. The molecular weight excluding hydrogens is 264 g/mol. The largest absolute Gasteiger partial charge is 0.444 e. The van der Waals surface area contributed by atoms with Crippen LogP contribution < -0.4 is 5.73 Å². The first kappa shape index (κ1) is 12.0. The zero-order chi connectivity index (χ0) is 13.6. The van der Waals surface area contributed by atoms with Crippen LogP contribution in [-0.2, 0) is 0 Å². The molecule has 19 heavy (non-hydrogen) atoms. The van der Waals surface area contributed by atoms with Crippen molar-refractivity contribution in [3.05, 3.63) is 41.1 Å². The summed E-state index contributed by atoms with van der Waals surface area (Å²) in [4.78, 5) is 8.54. The summed E-state index contributed by atoms with van der Waals surface area (Å²) in [5, 5.41) is 0.582. The molecule has 2 heterocycles. The second-order valence-electron chi connectivity index (χ2n) is 4.43. The topological polar surface area (TPSA) is 69.9 Å². The van der Waals surface area contributed by atoms with Gasteiger partial charge >= 0.3 is 0 Å². The second-order valence-corrected chi connectivity index (χ2v) is 4.84. The second kappa shape index (κ2) is 4.28. The fourth-order valence-electron chi connectivity index (χ4n) is 2.18. The van der Waals surface area contributed by atoms with Gasteiger partial charge in [0.25, 0.3) is 0 Å². The lowest BCUT2D eigenvalue weighted by Crippen LogP contribution is -2.10. The molecule has 3 aromatic rings. The standard InChI is InChI=1S/C13H13ClN4O/c1-7-6-16-12(19-7)8(2)18-10-5-3-4-9(14)11(10)17-13(18)15/h3-6,8H,1-2H3,(H2,15,17). The van der Waals surface area contributed by atoms with Gasteiger partial charge in [-0.2, -0.15) is 0 Å². The number of aryl methyl sites for hydroxylation is 1. The zero-order valence-electron chi connectivity index (χ0n) is 10.6. The summed E-state index contributed by atoms with van der Waals surface area (Å²) in [7, 11) is 0. The van der Waals surface area contributed by atoms with E-state index in [-0.39, 0.29) is 6.04 Å². The van der Waals surface area contributed by atoms with E-state index in [4.69, 9.17) is 21.8 Å². The maximum Gasteiger partial charge on any atom is 0.217 e. The molecule has 1 atom stereocenters. The Balaban J connectivity index is 2.19. The molecule has 1 aromatic carbocycles. The third kappa shape index (κ3) is 1.86. The quantitative estimate of drug-likeness (QED) is 0.780. The van der Waals surface area contributed by atoms with Gasteiger partial charge in [0.1, 0.15) is 17.3 Å². The number of benzene rings is 1. The van der Waals surface area contributed by atoms with E-state index in [0.29, 0.717) is 22.4 Å². The van der Waals surface area contributed by atoms with Crippen LogP contribution in [0.15, 0.2) is 28.8 Å². The smallest absolute Gasteiger partial charge is 0.217 e. The van der Waals surface area contributed by atoms with Crippen LogP contribution in [0.25, 0.3) is 11.0 Å². The molecule has 5 nitrogen and oxygen atoms in total. The van der Waals surface area contributed by atoms with Crippen LogP contribution in [-0.4, -0.2) is 14.5 Å². The first-order valence-corrected chi connectivity index (χ1v) is 6.30. The number of aromatic nitrogens is 3. The Bertz CT molecular complexity index is 746. The van der Waals surface area contributed by atoms with Gasteiger partial charge in [-0.25, -0.2) is 9.97 Å². The number of nitrogen functional groups attached to an aromatic ring is 1. The molecule has 0 aliphatic rings. The van der Waals surface area contributed by atoms with Gasteiger partial charge < -0.3 is 10.2 Å². The Morgan fingerprint density at radius 3 is 2.89 bits per heavy atom. The summed E-state index contributed by atoms with van der Waals surface area (Å²) in [6.45, 7) is 3.82. The molecule has 0 amide bonds. The highest BCUT2D eigenvalue weighted by Gasteiger charge is 2.20. The van der Waals surface area contributed by atoms with Crippen molar-refractivity contribution in [1.29, 1.82) is 0 Å². The predicted octanol–water partition coefficient (Wildman–Crippen LogP) is 3.18. The summed E-state index contributed by atoms with van der Waals surface area (Å²) in [6.07, 6.45) is 1.69. The molecule has 0 saturated carbocycles. The minimum Gasteiger partial charge on any atom is -0.444 e. The summed E-state index contributed by atoms with van der Waals surface area (Å²) in [5.41, 5.74) is 7.55. The van der Waals surface area contributed by atoms with E-state index >= 15 is 0 Å². The van der Waals surface area contributed by atoms with E-state index in [2.05, 4.69) is 9.97 Å². The number of halogens is 1. The number of rotatable bonds is 2. The highest BCUT2D eigenvalue weighted by atomic mass is 35.5. The van der Waals surface area contributed by atoms with Crippen LogP contribution in [0.4, 0.5) is 5.95 Å². The Labute approximate surface area is 115 Å². The molecule has 98 valence electrons. The molecule has 3 rings (SSSR count). The van der Waals surface area contributed by atoms with Crippen LogP contribution in [0, 0.1) is 6.92 Å². The van der Waals surface area contributed by atoms with Gasteiger partial charge in [-0.3, -0.25) is 4.57 Å². The lowest BCUT2D eigenvalue weighted by Gasteiger charge is -2.12. The molecule has 0 saturated heterocycles. The minimum atomic E-state index is -0.142. The number of nitrogens with two attached hydrogens (primary N) is 1. The molecule has 0 radical (unpaired) electrons. The number of hydrogen-bond donors (Lipinski definition) is 1. The van der Waals surface area contributed by atoms with Gasteiger partial charge in [-0.05, 0) is 26.0 Å². The molecule has 1 unspecified atom stereocenters. The van der Waals surface area contributed by atoms with E-state index in [1.807, 2.05) is 30.5 Å². The maximum atomic E-state index is 6.13. The summed E-state index contributed by atoms with van der Waals surface area (Å²) in [6, 6.07) is 5.45. The van der Waals surface area contributed by atoms with Gasteiger partial charge in [0.05, 0.1) is 16.7 Å². The number of imidazole rings is 1. The van der Waals surface area contributed by atoms with Crippen molar-refractivity contribution in [2.24, 2.45) is 0 Å². The summed E-state index contributed by atoms with van der Waals surface area (Å²) >= 11 is 6.13. The van der Waals surface area contributed by atoms with Crippen molar-refractivity contribution in [1.82, 2.24) is 14.5 Å².